The van der Waals surface area contributed by atoms with E-state index >= 15 is 0 Å². The second kappa shape index (κ2) is 16.0. The van der Waals surface area contributed by atoms with Crippen LogP contribution >= 0.6 is 0 Å². The predicted octanol–water partition coefficient (Wildman–Crippen LogP) is 6.85. The molecule has 2 N–H and O–H groups in total. The summed E-state index contributed by atoms with van der Waals surface area (Å²) in [6, 6.07) is 22.2. The third-order valence-electron chi connectivity index (χ3n) is 8.91. The van der Waals surface area contributed by atoms with Crippen LogP contribution in [-0.2, 0) is 21.1 Å². The first-order valence-corrected chi connectivity index (χ1v) is 15.8. The van der Waals surface area contributed by atoms with Crippen LogP contribution in [0, 0.1) is 0 Å². The van der Waals surface area contributed by atoms with Gasteiger partial charge < -0.3 is 20.3 Å². The minimum atomic E-state index is -4.41. The number of likely N-dealkylation sites (N-methyl/N-ethyl adjacent to an activating group) is 1. The van der Waals surface area contributed by atoms with E-state index in [1.54, 1.807) is 24.3 Å². The molecule has 1 amide bonds. The van der Waals surface area contributed by atoms with Crippen molar-refractivity contribution in [2.45, 2.75) is 63.1 Å². The molecule has 0 saturated carbocycles. The number of alkyl halides is 3. The van der Waals surface area contributed by atoms with E-state index in [4.69, 9.17) is 4.74 Å². The highest BCUT2D eigenvalue weighted by molar-refractivity contribution is 6.01. The Morgan fingerprint density at radius 1 is 0.911 bits per heavy atom. The minimum Gasteiger partial charge on any atom is -0.464 e. The van der Waals surface area contributed by atoms with Crippen LogP contribution in [0.5, 0.6) is 0 Å². The van der Waals surface area contributed by atoms with Gasteiger partial charge in [-0.3, -0.25) is 9.59 Å². The quantitative estimate of drug-likeness (QED) is 0.152. The monoisotopic (exact) mass is 623 g/mol. The molecule has 1 aliphatic heterocycles. The largest absolute Gasteiger partial charge is 0.464 e. The number of nitrogens with zero attached hydrogens (tertiary/aromatic N) is 1. The summed E-state index contributed by atoms with van der Waals surface area (Å²) in [5.74, 6) is -0.395. The van der Waals surface area contributed by atoms with Crippen molar-refractivity contribution in [2.75, 3.05) is 39.8 Å². The molecule has 0 aliphatic carbocycles. The number of amides is 1. The number of hydrogen-bond donors (Lipinski definition) is 2. The molecule has 0 radical (unpaired) electrons. The smallest absolute Gasteiger partial charge is 0.416 e. The molecular weight excluding hydrogens is 579 g/mol. The number of rotatable bonds is 14. The molecule has 0 spiro atoms. The third kappa shape index (κ3) is 9.41. The molecular formula is C36H44F3N3O3. The fraction of sp³-hybridized carbons (Fsp3) is 0.444. The molecule has 45 heavy (non-hydrogen) atoms. The summed E-state index contributed by atoms with van der Waals surface area (Å²) < 4.78 is 44.6. The van der Waals surface area contributed by atoms with Gasteiger partial charge in [0.1, 0.15) is 6.61 Å². The summed E-state index contributed by atoms with van der Waals surface area (Å²) in [6.07, 6.45) is 0.189. The first kappa shape index (κ1) is 34.2. The lowest BCUT2D eigenvalue weighted by Gasteiger charge is -2.35. The van der Waals surface area contributed by atoms with E-state index in [0.717, 1.165) is 69.4 Å². The Balaban J connectivity index is 1.31. The average Bonchev–Trinajstić information content (AvgIpc) is 3.05. The van der Waals surface area contributed by atoms with Crippen LogP contribution in [0.2, 0.25) is 0 Å². The summed E-state index contributed by atoms with van der Waals surface area (Å²) in [5, 5.41) is 6.16. The minimum absolute atomic E-state index is 0.0147. The van der Waals surface area contributed by atoms with Crippen LogP contribution in [0.25, 0.3) is 11.1 Å². The maximum atomic E-state index is 13.3. The van der Waals surface area contributed by atoms with E-state index in [9.17, 15) is 22.8 Å². The van der Waals surface area contributed by atoms with Gasteiger partial charge in [0.05, 0.1) is 12.0 Å². The van der Waals surface area contributed by atoms with Gasteiger partial charge in [0.15, 0.2) is 0 Å². The van der Waals surface area contributed by atoms with Gasteiger partial charge in [0.2, 0.25) is 0 Å². The van der Waals surface area contributed by atoms with E-state index in [2.05, 4.69) is 34.6 Å². The van der Waals surface area contributed by atoms with Crippen molar-refractivity contribution in [3.05, 3.63) is 95.6 Å². The van der Waals surface area contributed by atoms with Crippen molar-refractivity contribution in [2.24, 2.45) is 0 Å². The summed E-state index contributed by atoms with van der Waals surface area (Å²) in [6.45, 7) is 5.72. The number of hydrogen-bond acceptors (Lipinski definition) is 5. The van der Waals surface area contributed by atoms with E-state index in [-0.39, 0.29) is 23.3 Å². The molecule has 1 fully saturated rings. The standard InChI is InChI=1S/C36H44F3N3O3/c1-3-35(28-10-5-4-6-11-28,26-33(43)45-25-21-40-2)20-9-22-42-23-18-30(19-24-42)41-34(44)32-13-8-7-12-31(32)27-14-16-29(17-15-27)36(37,38)39/h4-8,10-17,30,40H,3,9,18-26H2,1-2H3,(H,41,44). The number of piperidine rings is 1. The maximum absolute atomic E-state index is 13.3. The van der Waals surface area contributed by atoms with Gasteiger partial charge >= 0.3 is 12.1 Å². The summed E-state index contributed by atoms with van der Waals surface area (Å²) in [4.78, 5) is 28.5. The molecule has 1 heterocycles. The first-order chi connectivity index (χ1) is 21.6. The lowest BCUT2D eigenvalue weighted by Crippen LogP contribution is -2.45. The van der Waals surface area contributed by atoms with Crippen molar-refractivity contribution in [1.29, 1.82) is 0 Å². The number of halogens is 3. The topological polar surface area (TPSA) is 70.7 Å². The average molecular weight is 624 g/mol. The fourth-order valence-electron chi connectivity index (χ4n) is 6.20. The maximum Gasteiger partial charge on any atom is 0.416 e. The van der Waals surface area contributed by atoms with Gasteiger partial charge in [-0.25, -0.2) is 0 Å². The lowest BCUT2D eigenvalue weighted by molar-refractivity contribution is -0.145. The number of nitrogens with one attached hydrogen (secondary N) is 2. The zero-order valence-corrected chi connectivity index (χ0v) is 26.2. The molecule has 242 valence electrons. The molecule has 4 rings (SSSR count). The lowest BCUT2D eigenvalue weighted by atomic mass is 9.72. The molecule has 0 aromatic heterocycles. The Bertz CT molecular complexity index is 1370. The first-order valence-electron chi connectivity index (χ1n) is 15.8. The van der Waals surface area contributed by atoms with Crippen LogP contribution < -0.4 is 10.6 Å². The molecule has 1 unspecified atom stereocenters. The van der Waals surface area contributed by atoms with Crippen LogP contribution in [0.3, 0.4) is 0 Å². The molecule has 1 aliphatic rings. The van der Waals surface area contributed by atoms with Gasteiger partial charge in [-0.1, -0.05) is 67.6 Å². The van der Waals surface area contributed by atoms with Crippen molar-refractivity contribution >= 4 is 11.9 Å². The molecule has 1 saturated heterocycles. The third-order valence-corrected chi connectivity index (χ3v) is 8.91. The number of likely N-dealkylation sites (tertiary alicyclic amines) is 1. The summed E-state index contributed by atoms with van der Waals surface area (Å²) in [5.41, 5.74) is 1.77. The summed E-state index contributed by atoms with van der Waals surface area (Å²) in [7, 11) is 1.83. The van der Waals surface area contributed by atoms with Gasteiger partial charge in [-0.2, -0.15) is 13.2 Å². The van der Waals surface area contributed by atoms with Crippen molar-refractivity contribution in [3.63, 3.8) is 0 Å². The predicted molar refractivity (Wildman–Crippen MR) is 171 cm³/mol. The zero-order valence-electron chi connectivity index (χ0n) is 26.2. The van der Waals surface area contributed by atoms with Crippen LogP contribution in [0.1, 0.15) is 66.9 Å². The number of carbonyl (C=O) groups is 2. The normalized spacial score (nSPS) is 15.8. The number of esters is 1. The van der Waals surface area contributed by atoms with Crippen molar-refractivity contribution in [1.82, 2.24) is 15.5 Å². The number of carbonyl (C=O) groups excluding carboxylic acids is 2. The van der Waals surface area contributed by atoms with Crippen LogP contribution in [0.4, 0.5) is 13.2 Å². The van der Waals surface area contributed by atoms with Gasteiger partial charge in [-0.15, -0.1) is 0 Å². The number of ether oxygens (including phenoxy) is 1. The van der Waals surface area contributed by atoms with E-state index in [0.29, 0.717) is 36.3 Å². The molecule has 0 bridgehead atoms. The Morgan fingerprint density at radius 3 is 2.22 bits per heavy atom. The Hall–Kier alpha value is -3.69. The summed E-state index contributed by atoms with van der Waals surface area (Å²) >= 11 is 0. The highest BCUT2D eigenvalue weighted by Gasteiger charge is 2.34. The zero-order chi connectivity index (χ0) is 32.3. The van der Waals surface area contributed by atoms with E-state index in [1.165, 1.54) is 12.1 Å². The van der Waals surface area contributed by atoms with Crippen LogP contribution in [0.15, 0.2) is 78.9 Å². The van der Waals surface area contributed by atoms with Gasteiger partial charge in [-0.05, 0) is 80.6 Å². The van der Waals surface area contributed by atoms with Crippen molar-refractivity contribution < 1.29 is 27.5 Å². The second-order valence-electron chi connectivity index (χ2n) is 11.8. The molecule has 9 heteroatoms. The van der Waals surface area contributed by atoms with Gasteiger partial charge in [0.25, 0.3) is 5.91 Å². The molecule has 1 atom stereocenters. The van der Waals surface area contributed by atoms with Crippen molar-refractivity contribution in [3.8, 4) is 11.1 Å². The molecule has 3 aromatic carbocycles. The van der Waals surface area contributed by atoms with E-state index < -0.39 is 11.7 Å². The molecule has 6 nitrogen and oxygen atoms in total. The van der Waals surface area contributed by atoms with Crippen LogP contribution in [-0.4, -0.2) is 62.7 Å². The molecule has 3 aromatic rings. The Kier molecular flexibility index (Phi) is 12.2. The Morgan fingerprint density at radius 2 is 1.58 bits per heavy atom. The number of benzene rings is 3. The second-order valence-corrected chi connectivity index (χ2v) is 11.8. The van der Waals surface area contributed by atoms with E-state index in [1.807, 2.05) is 25.2 Å². The SMILES string of the molecule is CCC(CCCN1CCC(NC(=O)c2ccccc2-c2ccc(C(F)(F)F)cc2)CC1)(CC(=O)OCCNC)c1ccccc1. The fourth-order valence-corrected chi connectivity index (χ4v) is 6.20. The van der Waals surface area contributed by atoms with Gasteiger partial charge in [0, 0.05) is 36.7 Å². The Labute approximate surface area is 264 Å². The highest BCUT2D eigenvalue weighted by Crippen LogP contribution is 2.37. The highest BCUT2D eigenvalue weighted by atomic mass is 19.4.